The molecule has 0 aromatic heterocycles. The lowest BCUT2D eigenvalue weighted by Gasteiger charge is -2.01. The van der Waals surface area contributed by atoms with Gasteiger partial charge in [0.2, 0.25) is 0 Å². The molecule has 0 saturated heterocycles. The molecule has 0 saturated carbocycles. The standard InChI is InChI=1S/C9H9NO4S2/c1-8-3-5-9(6-4-8)16(13,14)15(11,12)7-10-2/h3-6H,7H2,1H3. The zero-order valence-corrected chi connectivity index (χ0v) is 10.0. The normalized spacial score (nSPS) is 12.0. The highest BCUT2D eigenvalue weighted by Gasteiger charge is 2.34. The fourth-order valence-electron chi connectivity index (χ4n) is 1.000. The van der Waals surface area contributed by atoms with Gasteiger partial charge in [0.05, 0.1) is 4.90 Å². The molecule has 0 radical (unpaired) electrons. The van der Waals surface area contributed by atoms with Gasteiger partial charge in [-0.15, -0.1) is 0 Å². The van der Waals surface area contributed by atoms with Crippen molar-refractivity contribution < 1.29 is 16.8 Å². The summed E-state index contributed by atoms with van der Waals surface area (Å²) in [5.41, 5.74) is 0.821. The first-order valence-corrected chi connectivity index (χ1v) is 7.84. The molecule has 5 nitrogen and oxygen atoms in total. The second kappa shape index (κ2) is 4.23. The summed E-state index contributed by atoms with van der Waals surface area (Å²) in [6.45, 7) is 8.17. The van der Waals surface area contributed by atoms with E-state index in [2.05, 4.69) is 4.85 Å². The quantitative estimate of drug-likeness (QED) is 0.599. The van der Waals surface area contributed by atoms with Gasteiger partial charge >= 0.3 is 14.7 Å². The molecular weight excluding hydrogens is 250 g/mol. The minimum absolute atomic E-state index is 0.304. The molecule has 0 fully saturated rings. The Morgan fingerprint density at radius 2 is 1.62 bits per heavy atom. The molecule has 0 heterocycles. The average Bonchev–Trinajstić information content (AvgIpc) is 2.18. The van der Waals surface area contributed by atoms with E-state index >= 15 is 0 Å². The number of rotatable bonds is 3. The van der Waals surface area contributed by atoms with Gasteiger partial charge in [-0.25, -0.2) is 23.4 Å². The molecule has 1 aromatic carbocycles. The van der Waals surface area contributed by atoms with Crippen molar-refractivity contribution in [2.45, 2.75) is 11.8 Å². The first-order valence-electron chi connectivity index (χ1n) is 4.19. The SMILES string of the molecule is [C-]#[N+]CS(=O)(=O)S(=O)(=O)c1ccc(C)cc1. The van der Waals surface area contributed by atoms with E-state index in [1.165, 1.54) is 24.3 Å². The van der Waals surface area contributed by atoms with E-state index in [1.54, 1.807) is 6.92 Å². The summed E-state index contributed by atoms with van der Waals surface area (Å²) in [7, 11) is -8.92. The molecule has 16 heavy (non-hydrogen) atoms. The van der Waals surface area contributed by atoms with Crippen LogP contribution in [0.2, 0.25) is 0 Å². The van der Waals surface area contributed by atoms with Crippen LogP contribution in [0.25, 0.3) is 4.85 Å². The van der Waals surface area contributed by atoms with Gasteiger partial charge in [0.25, 0.3) is 8.87 Å². The lowest BCUT2D eigenvalue weighted by molar-refractivity contribution is 0.584. The Morgan fingerprint density at radius 3 is 2.06 bits per heavy atom. The molecule has 0 aliphatic heterocycles. The van der Waals surface area contributed by atoms with Gasteiger partial charge in [-0.2, -0.15) is 0 Å². The predicted octanol–water partition coefficient (Wildman–Crippen LogP) is 0.975. The largest absolute Gasteiger partial charge is 0.331 e. The minimum Gasteiger partial charge on any atom is -0.299 e. The summed E-state index contributed by atoms with van der Waals surface area (Å²) in [5, 5.41) is 0. The summed E-state index contributed by atoms with van der Waals surface area (Å²) in [4.78, 5) is 2.30. The number of nitrogens with zero attached hydrogens (tertiary/aromatic N) is 1. The zero-order valence-electron chi connectivity index (χ0n) is 8.41. The van der Waals surface area contributed by atoms with Crippen molar-refractivity contribution in [1.82, 2.24) is 0 Å². The van der Waals surface area contributed by atoms with Crippen molar-refractivity contribution in [2.24, 2.45) is 0 Å². The van der Waals surface area contributed by atoms with Gasteiger partial charge in [0, 0.05) is 0 Å². The number of benzene rings is 1. The number of aryl methyl sites for hydroxylation is 1. The molecule has 7 heteroatoms. The summed E-state index contributed by atoms with van der Waals surface area (Å²) < 4.78 is 45.9. The van der Waals surface area contributed by atoms with Gasteiger partial charge in [-0.1, -0.05) is 17.7 Å². The molecule has 0 unspecified atom stereocenters. The Balaban J connectivity index is 3.35. The molecule has 0 aliphatic rings. The second-order valence-electron chi connectivity index (χ2n) is 3.11. The van der Waals surface area contributed by atoms with Crippen LogP contribution >= 0.6 is 0 Å². The predicted molar refractivity (Wildman–Crippen MR) is 58.8 cm³/mol. The molecule has 0 spiro atoms. The van der Waals surface area contributed by atoms with E-state index < -0.39 is 23.6 Å². The molecule has 1 aromatic rings. The van der Waals surface area contributed by atoms with Crippen molar-refractivity contribution in [3.8, 4) is 0 Å². The monoisotopic (exact) mass is 259 g/mol. The molecule has 0 N–H and O–H groups in total. The average molecular weight is 259 g/mol. The van der Waals surface area contributed by atoms with Crippen molar-refractivity contribution >= 4 is 17.7 Å². The molecule has 0 amide bonds. The van der Waals surface area contributed by atoms with Crippen LogP contribution in [-0.4, -0.2) is 22.7 Å². The summed E-state index contributed by atoms with van der Waals surface area (Å²) >= 11 is 0. The molecule has 0 atom stereocenters. The third kappa shape index (κ3) is 2.23. The van der Waals surface area contributed by atoms with Gasteiger partial charge < -0.3 is 0 Å². The van der Waals surface area contributed by atoms with E-state index in [0.29, 0.717) is 0 Å². The maximum absolute atomic E-state index is 11.6. The van der Waals surface area contributed by atoms with Crippen molar-refractivity contribution in [3.05, 3.63) is 41.2 Å². The van der Waals surface area contributed by atoms with E-state index in [4.69, 9.17) is 6.57 Å². The van der Waals surface area contributed by atoms with Gasteiger partial charge in [-0.05, 0) is 19.1 Å². The van der Waals surface area contributed by atoms with Gasteiger partial charge in [0.15, 0.2) is 0 Å². The van der Waals surface area contributed by atoms with Crippen LogP contribution in [0.5, 0.6) is 0 Å². The third-order valence-corrected chi connectivity index (χ3v) is 6.73. The van der Waals surface area contributed by atoms with Crippen LogP contribution in [0.3, 0.4) is 0 Å². The lowest BCUT2D eigenvalue weighted by atomic mass is 10.2. The highest BCUT2D eigenvalue weighted by atomic mass is 33.2. The molecule has 86 valence electrons. The highest BCUT2D eigenvalue weighted by molar-refractivity contribution is 8.67. The lowest BCUT2D eigenvalue weighted by Crippen LogP contribution is -2.17. The maximum Gasteiger partial charge on any atom is 0.331 e. The van der Waals surface area contributed by atoms with Crippen molar-refractivity contribution in [1.29, 1.82) is 0 Å². The first kappa shape index (κ1) is 12.7. The molecular formula is C9H9NO4S2. The Morgan fingerprint density at radius 1 is 1.12 bits per heavy atom. The van der Waals surface area contributed by atoms with Crippen LogP contribution in [0, 0.1) is 13.5 Å². The van der Waals surface area contributed by atoms with E-state index in [-0.39, 0.29) is 4.90 Å². The van der Waals surface area contributed by atoms with Crippen LogP contribution in [0.15, 0.2) is 29.2 Å². The first-order chi connectivity index (χ1) is 7.31. The van der Waals surface area contributed by atoms with Crippen LogP contribution in [-0.2, 0) is 17.7 Å². The van der Waals surface area contributed by atoms with Crippen LogP contribution < -0.4 is 0 Å². The fraction of sp³-hybridized carbons (Fsp3) is 0.222. The van der Waals surface area contributed by atoms with Crippen molar-refractivity contribution in [3.63, 3.8) is 0 Å². The topological polar surface area (TPSA) is 72.6 Å². The van der Waals surface area contributed by atoms with E-state index in [9.17, 15) is 16.8 Å². The van der Waals surface area contributed by atoms with E-state index in [0.717, 1.165) is 5.56 Å². The van der Waals surface area contributed by atoms with Crippen LogP contribution in [0.1, 0.15) is 5.56 Å². The summed E-state index contributed by atoms with van der Waals surface area (Å²) in [5.74, 6) is -1.05. The van der Waals surface area contributed by atoms with E-state index in [1.807, 2.05) is 0 Å². The Labute approximate surface area is 93.8 Å². The highest BCUT2D eigenvalue weighted by Crippen LogP contribution is 2.18. The second-order valence-corrected chi connectivity index (χ2v) is 8.71. The van der Waals surface area contributed by atoms with Crippen LogP contribution in [0.4, 0.5) is 0 Å². The Bertz CT molecular complexity index is 621. The van der Waals surface area contributed by atoms with Gasteiger partial charge in [-0.3, -0.25) is 4.85 Å². The Kier molecular flexibility index (Phi) is 3.35. The third-order valence-electron chi connectivity index (χ3n) is 1.87. The minimum atomic E-state index is -4.46. The molecule has 0 bridgehead atoms. The number of hydrogen-bond donors (Lipinski definition) is 0. The van der Waals surface area contributed by atoms with Gasteiger partial charge in [0.1, 0.15) is 0 Å². The molecule has 0 aliphatic carbocycles. The Hall–Kier alpha value is -1.39. The summed E-state index contributed by atoms with van der Waals surface area (Å²) in [6.07, 6.45) is 0. The summed E-state index contributed by atoms with van der Waals surface area (Å²) in [6, 6.07) is 5.43. The molecule has 1 rings (SSSR count). The zero-order chi connectivity index (χ0) is 12.4. The number of hydrogen-bond acceptors (Lipinski definition) is 4. The maximum atomic E-state index is 11.6. The fourth-order valence-corrected chi connectivity index (χ4v) is 3.85. The van der Waals surface area contributed by atoms with Crippen molar-refractivity contribution in [2.75, 3.05) is 5.88 Å². The smallest absolute Gasteiger partial charge is 0.299 e.